The second-order valence-electron chi connectivity index (χ2n) is 13.5. The molecule has 0 saturated carbocycles. The Labute approximate surface area is 309 Å². The molecule has 2 aliphatic rings. The third-order valence-electron chi connectivity index (χ3n) is 10.3. The topological polar surface area (TPSA) is 76.2 Å². The maximum atomic E-state index is 14.4. The number of carbonyl (C=O) groups is 3. The molecule has 7 rings (SSSR count). The first kappa shape index (κ1) is 35.0. The SMILES string of the molecule is Cc1ccc(C(OC(=O)C[C@H](C(=O)N2CCCC2)N(C)C(=O)OCC2c3ccccc3-c3ccccc32)(c2ccccc2)c2ccccc2Cl)cc1. The summed E-state index contributed by atoms with van der Waals surface area (Å²) in [5.74, 6) is -1.14. The van der Waals surface area contributed by atoms with Gasteiger partial charge in [0.2, 0.25) is 5.91 Å². The van der Waals surface area contributed by atoms with Crippen molar-refractivity contribution < 1.29 is 23.9 Å². The van der Waals surface area contributed by atoms with E-state index in [2.05, 4.69) is 24.3 Å². The number of carbonyl (C=O) groups excluding carboxylic acids is 3. The van der Waals surface area contributed by atoms with Crippen LogP contribution in [0.3, 0.4) is 0 Å². The van der Waals surface area contributed by atoms with E-state index in [0.717, 1.165) is 40.7 Å². The van der Waals surface area contributed by atoms with Gasteiger partial charge in [0.25, 0.3) is 0 Å². The van der Waals surface area contributed by atoms with Gasteiger partial charge in [-0.15, -0.1) is 0 Å². The van der Waals surface area contributed by atoms with Crippen LogP contribution in [0.15, 0.2) is 127 Å². The number of likely N-dealkylation sites (tertiary alicyclic amines) is 1. The molecule has 0 bridgehead atoms. The smallest absolute Gasteiger partial charge is 0.410 e. The van der Waals surface area contributed by atoms with Crippen molar-refractivity contribution >= 4 is 29.6 Å². The summed E-state index contributed by atoms with van der Waals surface area (Å²) >= 11 is 6.89. The first-order valence-corrected chi connectivity index (χ1v) is 18.1. The molecule has 8 heteroatoms. The number of ether oxygens (including phenoxy) is 2. The van der Waals surface area contributed by atoms with Crippen molar-refractivity contribution in [2.24, 2.45) is 0 Å². The van der Waals surface area contributed by atoms with Gasteiger partial charge in [0.15, 0.2) is 5.60 Å². The molecule has 52 heavy (non-hydrogen) atoms. The maximum absolute atomic E-state index is 14.4. The maximum Gasteiger partial charge on any atom is 0.410 e. The average Bonchev–Trinajstić information content (AvgIpc) is 3.83. The minimum absolute atomic E-state index is 0.0866. The van der Waals surface area contributed by atoms with Crippen LogP contribution in [0.1, 0.15) is 58.6 Å². The van der Waals surface area contributed by atoms with E-state index in [-0.39, 0.29) is 24.9 Å². The van der Waals surface area contributed by atoms with Crippen LogP contribution in [0.2, 0.25) is 5.02 Å². The lowest BCUT2D eigenvalue weighted by atomic mass is 9.79. The van der Waals surface area contributed by atoms with E-state index >= 15 is 0 Å². The molecule has 0 aromatic heterocycles. The van der Waals surface area contributed by atoms with Gasteiger partial charge in [-0.1, -0.05) is 138 Å². The van der Waals surface area contributed by atoms with E-state index in [1.165, 1.54) is 11.9 Å². The Morgan fingerprint density at radius 2 is 1.33 bits per heavy atom. The fraction of sp³-hybridized carbons (Fsp3) is 0.250. The highest BCUT2D eigenvalue weighted by Crippen LogP contribution is 2.45. The number of esters is 1. The van der Waals surface area contributed by atoms with Gasteiger partial charge in [-0.25, -0.2) is 4.79 Å². The second-order valence-corrected chi connectivity index (χ2v) is 13.9. The van der Waals surface area contributed by atoms with Crippen LogP contribution in [0.5, 0.6) is 0 Å². The summed E-state index contributed by atoms with van der Waals surface area (Å²) in [6, 6.07) is 39.6. The van der Waals surface area contributed by atoms with Crippen molar-refractivity contribution in [2.75, 3.05) is 26.7 Å². The molecule has 1 saturated heterocycles. The molecule has 2 atom stereocenters. The fourth-order valence-corrected chi connectivity index (χ4v) is 7.86. The van der Waals surface area contributed by atoms with Crippen molar-refractivity contribution in [2.45, 2.75) is 43.7 Å². The van der Waals surface area contributed by atoms with Crippen LogP contribution in [0.25, 0.3) is 11.1 Å². The zero-order valence-corrected chi connectivity index (χ0v) is 30.1. The van der Waals surface area contributed by atoms with Gasteiger partial charge in [0, 0.05) is 47.8 Å². The second kappa shape index (κ2) is 15.1. The summed E-state index contributed by atoms with van der Waals surface area (Å²) in [4.78, 5) is 45.4. The number of rotatable bonds is 10. The highest BCUT2D eigenvalue weighted by molar-refractivity contribution is 6.31. The molecular weight excluding hydrogens is 672 g/mol. The molecule has 0 spiro atoms. The zero-order valence-electron chi connectivity index (χ0n) is 29.3. The molecule has 5 aromatic rings. The Morgan fingerprint density at radius 3 is 1.96 bits per heavy atom. The lowest BCUT2D eigenvalue weighted by molar-refractivity contribution is -0.157. The van der Waals surface area contributed by atoms with Crippen molar-refractivity contribution in [3.05, 3.63) is 166 Å². The molecule has 0 radical (unpaired) electrons. The van der Waals surface area contributed by atoms with Crippen molar-refractivity contribution in [1.82, 2.24) is 9.80 Å². The third kappa shape index (κ3) is 6.69. The van der Waals surface area contributed by atoms with Gasteiger partial charge in [0.1, 0.15) is 12.6 Å². The number of amides is 2. The molecule has 7 nitrogen and oxygen atoms in total. The lowest BCUT2D eigenvalue weighted by Gasteiger charge is -2.37. The first-order chi connectivity index (χ1) is 25.3. The monoisotopic (exact) mass is 712 g/mol. The van der Waals surface area contributed by atoms with Crippen LogP contribution in [0.4, 0.5) is 4.79 Å². The zero-order chi connectivity index (χ0) is 36.2. The largest absolute Gasteiger partial charge is 0.448 e. The Balaban J connectivity index is 1.19. The van der Waals surface area contributed by atoms with Gasteiger partial charge in [-0.3, -0.25) is 14.5 Å². The molecule has 2 amide bonds. The van der Waals surface area contributed by atoms with Crippen molar-refractivity contribution in [3.8, 4) is 11.1 Å². The lowest BCUT2D eigenvalue weighted by Crippen LogP contribution is -2.50. The summed E-state index contributed by atoms with van der Waals surface area (Å²) in [5, 5.41) is 0.417. The van der Waals surface area contributed by atoms with E-state index in [0.29, 0.717) is 34.8 Å². The molecular formula is C44H41ClN2O5. The summed E-state index contributed by atoms with van der Waals surface area (Å²) < 4.78 is 12.6. The van der Waals surface area contributed by atoms with Crippen molar-refractivity contribution in [3.63, 3.8) is 0 Å². The number of benzene rings is 5. The van der Waals surface area contributed by atoms with Gasteiger partial charge in [-0.05, 0) is 48.1 Å². The molecule has 1 aliphatic carbocycles. The van der Waals surface area contributed by atoms with Crippen molar-refractivity contribution in [1.29, 1.82) is 0 Å². The summed E-state index contributed by atoms with van der Waals surface area (Å²) in [6.07, 6.45) is 0.635. The van der Waals surface area contributed by atoms with E-state index in [1.807, 2.05) is 104 Å². The average molecular weight is 713 g/mol. The van der Waals surface area contributed by atoms with Crippen LogP contribution < -0.4 is 0 Å². The number of nitrogens with zero attached hydrogens (tertiary/aromatic N) is 2. The molecule has 0 N–H and O–H groups in total. The normalized spacial score (nSPS) is 15.2. The first-order valence-electron chi connectivity index (χ1n) is 17.7. The van der Waals surface area contributed by atoms with E-state index in [1.54, 1.807) is 11.0 Å². The van der Waals surface area contributed by atoms with Crippen LogP contribution >= 0.6 is 11.6 Å². The predicted molar refractivity (Wildman–Crippen MR) is 202 cm³/mol. The van der Waals surface area contributed by atoms with Gasteiger partial charge in [0.05, 0.1) is 6.42 Å². The minimum Gasteiger partial charge on any atom is -0.448 e. The predicted octanol–water partition coefficient (Wildman–Crippen LogP) is 8.75. The van der Waals surface area contributed by atoms with E-state index in [9.17, 15) is 14.4 Å². The van der Waals surface area contributed by atoms with E-state index < -0.39 is 23.7 Å². The molecule has 1 heterocycles. The molecule has 5 aromatic carbocycles. The number of hydrogen-bond donors (Lipinski definition) is 0. The van der Waals surface area contributed by atoms with Crippen LogP contribution in [0, 0.1) is 6.92 Å². The Bertz CT molecular complexity index is 2030. The number of hydrogen-bond acceptors (Lipinski definition) is 5. The summed E-state index contributed by atoms with van der Waals surface area (Å²) in [5.41, 5.74) is 5.95. The molecule has 1 unspecified atom stereocenters. The van der Waals surface area contributed by atoms with E-state index in [4.69, 9.17) is 21.1 Å². The standard InChI is InChI=1S/C44H41ClN2O5/c1-30-22-24-32(25-23-30)44(31-14-4-3-5-15-31,38-20-10-11-21-39(38)45)52-41(48)28-40(42(49)47-26-12-13-27-47)46(2)43(50)51-29-37-35-18-8-6-16-33(35)34-17-7-9-19-36(34)37/h3-11,14-25,37,40H,12-13,26-29H2,1-2H3/t40-,44?/m1/s1. The Hall–Kier alpha value is -5.40. The molecule has 264 valence electrons. The number of likely N-dealkylation sites (N-methyl/N-ethyl adjacent to an activating group) is 1. The van der Waals surface area contributed by atoms with Crippen LogP contribution in [-0.4, -0.2) is 60.6 Å². The number of fused-ring (bicyclic) bond motifs is 3. The molecule has 1 fully saturated rings. The van der Waals surface area contributed by atoms with Gasteiger partial charge in [-0.2, -0.15) is 0 Å². The van der Waals surface area contributed by atoms with Gasteiger partial charge >= 0.3 is 12.1 Å². The van der Waals surface area contributed by atoms with Crippen LogP contribution in [-0.2, 0) is 24.7 Å². The highest BCUT2D eigenvalue weighted by Gasteiger charge is 2.44. The quantitative estimate of drug-likeness (QED) is 0.107. The Morgan fingerprint density at radius 1 is 0.769 bits per heavy atom. The summed E-state index contributed by atoms with van der Waals surface area (Å²) in [6.45, 7) is 3.19. The highest BCUT2D eigenvalue weighted by atomic mass is 35.5. The third-order valence-corrected chi connectivity index (χ3v) is 10.6. The number of halogens is 1. The number of aryl methyl sites for hydroxylation is 1. The minimum atomic E-state index is -1.45. The summed E-state index contributed by atoms with van der Waals surface area (Å²) in [7, 11) is 1.52. The molecule has 1 aliphatic heterocycles. The van der Waals surface area contributed by atoms with Gasteiger partial charge < -0.3 is 14.4 Å². The fourth-order valence-electron chi connectivity index (χ4n) is 7.59. The Kier molecular flexibility index (Phi) is 10.1.